The van der Waals surface area contributed by atoms with E-state index < -0.39 is 6.04 Å². The van der Waals surface area contributed by atoms with Crippen molar-refractivity contribution >= 4 is 23.1 Å². The van der Waals surface area contributed by atoms with E-state index in [1.54, 1.807) is 25.3 Å². The maximum Gasteiger partial charge on any atom is 0.264 e. The first-order valence-electron chi connectivity index (χ1n) is 5.90. The number of oxime groups is 1. The molecule has 0 bridgehead atoms. The van der Waals surface area contributed by atoms with E-state index in [1.165, 1.54) is 21.8 Å². The molecule has 1 unspecified atom stereocenters. The van der Waals surface area contributed by atoms with Crippen molar-refractivity contribution in [1.29, 1.82) is 0 Å². The van der Waals surface area contributed by atoms with E-state index in [-0.39, 0.29) is 11.7 Å². The van der Waals surface area contributed by atoms with E-state index in [9.17, 15) is 4.79 Å². The fraction of sp³-hybridized carbons (Fsp3) is 0.500. The Balaban J connectivity index is 2.15. The molecular formula is C12H17N3O2S. The molecular weight excluding hydrogens is 250 g/mol. The number of hydrogen-bond acceptors (Lipinski definition) is 4. The maximum absolute atomic E-state index is 12.3. The van der Waals surface area contributed by atoms with E-state index in [2.05, 4.69) is 5.16 Å². The molecule has 0 spiro atoms. The van der Waals surface area contributed by atoms with Gasteiger partial charge in [-0.1, -0.05) is 5.16 Å². The molecule has 1 aliphatic carbocycles. The van der Waals surface area contributed by atoms with Crippen LogP contribution in [0, 0.1) is 0 Å². The van der Waals surface area contributed by atoms with Gasteiger partial charge in [0.15, 0.2) is 5.84 Å². The highest BCUT2D eigenvalue weighted by Gasteiger charge is 2.24. The molecule has 0 saturated heterocycles. The maximum atomic E-state index is 12.3. The minimum absolute atomic E-state index is 0.0370. The number of nitrogens with zero attached hydrogens (tertiary/aromatic N) is 2. The molecule has 0 aromatic carbocycles. The van der Waals surface area contributed by atoms with Crippen molar-refractivity contribution in [3.63, 3.8) is 0 Å². The first-order chi connectivity index (χ1) is 8.54. The molecule has 0 aliphatic heterocycles. The molecule has 2 rings (SSSR count). The van der Waals surface area contributed by atoms with Crippen LogP contribution in [0.5, 0.6) is 0 Å². The summed E-state index contributed by atoms with van der Waals surface area (Å²) in [4.78, 5) is 15.8. The number of likely N-dealkylation sites (N-methyl/N-ethyl adjacent to an activating group) is 1. The molecule has 1 aliphatic rings. The van der Waals surface area contributed by atoms with Crippen LogP contribution >= 0.6 is 11.3 Å². The first kappa shape index (κ1) is 12.9. The zero-order valence-corrected chi connectivity index (χ0v) is 11.3. The van der Waals surface area contributed by atoms with Gasteiger partial charge in [0.05, 0.1) is 10.9 Å². The van der Waals surface area contributed by atoms with Crippen LogP contribution in [0.3, 0.4) is 0 Å². The Morgan fingerprint density at radius 2 is 2.33 bits per heavy atom. The molecule has 1 aromatic heterocycles. The third kappa shape index (κ3) is 2.20. The smallest absolute Gasteiger partial charge is 0.264 e. The summed E-state index contributed by atoms with van der Waals surface area (Å²) in [6.07, 6.45) is 3.33. The van der Waals surface area contributed by atoms with E-state index in [0.29, 0.717) is 0 Å². The summed E-state index contributed by atoms with van der Waals surface area (Å²) < 4.78 is 0. The average Bonchev–Trinajstić information content (AvgIpc) is 2.95. The van der Waals surface area contributed by atoms with Gasteiger partial charge in [0.25, 0.3) is 5.91 Å². The number of carbonyl (C=O) groups excluding carboxylic acids is 1. The first-order valence-corrected chi connectivity index (χ1v) is 6.72. The van der Waals surface area contributed by atoms with E-state index in [4.69, 9.17) is 10.9 Å². The van der Waals surface area contributed by atoms with Crippen LogP contribution < -0.4 is 5.73 Å². The fourth-order valence-electron chi connectivity index (χ4n) is 2.07. The summed E-state index contributed by atoms with van der Waals surface area (Å²) in [5, 5.41) is 11.6. The van der Waals surface area contributed by atoms with Gasteiger partial charge in [-0.2, -0.15) is 0 Å². The Morgan fingerprint density at radius 1 is 1.61 bits per heavy atom. The number of fused-ring (bicyclic) bond motifs is 1. The quantitative estimate of drug-likeness (QED) is 0.376. The van der Waals surface area contributed by atoms with Crippen LogP contribution in [-0.4, -0.2) is 34.9 Å². The molecule has 0 radical (unpaired) electrons. The van der Waals surface area contributed by atoms with Gasteiger partial charge < -0.3 is 15.8 Å². The highest BCUT2D eigenvalue weighted by Crippen LogP contribution is 2.31. The normalized spacial score (nSPS) is 16.4. The Hall–Kier alpha value is -1.56. The lowest BCUT2D eigenvalue weighted by Crippen LogP contribution is -2.43. The van der Waals surface area contributed by atoms with Crippen molar-refractivity contribution in [3.05, 3.63) is 21.4 Å². The number of hydrogen-bond donors (Lipinski definition) is 2. The number of amidine groups is 1. The minimum Gasteiger partial charge on any atom is -0.409 e. The number of rotatable bonds is 3. The number of nitrogens with two attached hydrogens (primary N) is 1. The van der Waals surface area contributed by atoms with Crippen molar-refractivity contribution in [3.8, 4) is 0 Å². The predicted octanol–water partition coefficient (Wildman–Crippen LogP) is 1.44. The Morgan fingerprint density at radius 3 is 2.94 bits per heavy atom. The molecule has 1 aromatic rings. The Bertz CT molecular complexity index is 474. The monoisotopic (exact) mass is 267 g/mol. The highest BCUT2D eigenvalue weighted by molar-refractivity contribution is 7.14. The topological polar surface area (TPSA) is 78.9 Å². The molecule has 1 heterocycles. The lowest BCUT2D eigenvalue weighted by Gasteiger charge is -2.23. The molecule has 1 atom stereocenters. The average molecular weight is 267 g/mol. The SMILES string of the molecule is CC(C(N)=NO)N(C)C(=O)c1cc2c(s1)CCC2. The molecule has 1 amide bonds. The van der Waals surface area contributed by atoms with Crippen LogP contribution in [-0.2, 0) is 12.8 Å². The summed E-state index contributed by atoms with van der Waals surface area (Å²) in [5.41, 5.74) is 6.81. The summed E-state index contributed by atoms with van der Waals surface area (Å²) in [6, 6.07) is 1.56. The summed E-state index contributed by atoms with van der Waals surface area (Å²) in [5.74, 6) is -0.0385. The second-order valence-electron chi connectivity index (χ2n) is 4.53. The van der Waals surface area contributed by atoms with Gasteiger partial charge in [0.1, 0.15) is 0 Å². The number of thiophene rings is 1. The van der Waals surface area contributed by atoms with Crippen LogP contribution in [0.25, 0.3) is 0 Å². The molecule has 0 fully saturated rings. The molecule has 6 heteroatoms. The summed E-state index contributed by atoms with van der Waals surface area (Å²) in [7, 11) is 1.66. The van der Waals surface area contributed by atoms with Gasteiger partial charge >= 0.3 is 0 Å². The molecule has 0 saturated carbocycles. The molecule has 3 N–H and O–H groups in total. The van der Waals surface area contributed by atoms with E-state index in [1.807, 2.05) is 6.07 Å². The summed E-state index contributed by atoms with van der Waals surface area (Å²) >= 11 is 1.56. The van der Waals surface area contributed by atoms with Crippen LogP contribution in [0.2, 0.25) is 0 Å². The molecule has 18 heavy (non-hydrogen) atoms. The van der Waals surface area contributed by atoms with Gasteiger partial charge in [0, 0.05) is 11.9 Å². The highest BCUT2D eigenvalue weighted by atomic mass is 32.1. The van der Waals surface area contributed by atoms with E-state index >= 15 is 0 Å². The molecule has 5 nitrogen and oxygen atoms in total. The van der Waals surface area contributed by atoms with Crippen LogP contribution in [0.1, 0.15) is 33.5 Å². The third-order valence-electron chi connectivity index (χ3n) is 3.40. The lowest BCUT2D eigenvalue weighted by atomic mass is 10.2. The van der Waals surface area contributed by atoms with Gasteiger partial charge in [-0.25, -0.2) is 0 Å². The summed E-state index contributed by atoms with van der Waals surface area (Å²) in [6.45, 7) is 1.73. The van der Waals surface area contributed by atoms with Gasteiger partial charge in [0.2, 0.25) is 0 Å². The van der Waals surface area contributed by atoms with Gasteiger partial charge in [-0.15, -0.1) is 11.3 Å². The van der Waals surface area contributed by atoms with Gasteiger partial charge in [-0.3, -0.25) is 4.79 Å². The molecule has 98 valence electrons. The minimum atomic E-state index is -0.417. The van der Waals surface area contributed by atoms with Crippen LogP contribution in [0.15, 0.2) is 11.2 Å². The van der Waals surface area contributed by atoms with Crippen molar-refractivity contribution < 1.29 is 10.0 Å². The number of carbonyl (C=O) groups is 1. The Kier molecular flexibility index (Phi) is 3.56. The van der Waals surface area contributed by atoms with E-state index in [0.717, 1.165) is 17.7 Å². The Labute approximate surface area is 110 Å². The second kappa shape index (κ2) is 4.97. The third-order valence-corrected chi connectivity index (χ3v) is 4.63. The lowest BCUT2D eigenvalue weighted by molar-refractivity contribution is 0.0781. The van der Waals surface area contributed by atoms with Crippen molar-refractivity contribution in [1.82, 2.24) is 4.90 Å². The van der Waals surface area contributed by atoms with Gasteiger partial charge in [-0.05, 0) is 37.8 Å². The second-order valence-corrected chi connectivity index (χ2v) is 5.67. The van der Waals surface area contributed by atoms with Crippen molar-refractivity contribution in [2.24, 2.45) is 10.9 Å². The number of aryl methyl sites for hydroxylation is 2. The zero-order chi connectivity index (χ0) is 13.3. The zero-order valence-electron chi connectivity index (χ0n) is 10.5. The predicted molar refractivity (Wildman–Crippen MR) is 71.3 cm³/mol. The van der Waals surface area contributed by atoms with Crippen molar-refractivity contribution in [2.45, 2.75) is 32.2 Å². The number of amides is 1. The largest absolute Gasteiger partial charge is 0.409 e. The fourth-order valence-corrected chi connectivity index (χ4v) is 3.30. The van der Waals surface area contributed by atoms with Crippen molar-refractivity contribution in [2.75, 3.05) is 7.05 Å². The van der Waals surface area contributed by atoms with Crippen LogP contribution in [0.4, 0.5) is 0 Å². The standard InChI is InChI=1S/C12H17N3O2S/c1-7(11(13)14-17)15(2)12(16)10-6-8-4-3-5-9(8)18-10/h6-7,17H,3-5H2,1-2H3,(H2,13,14).